The molecule has 5 nitrogen and oxygen atoms in total. The second-order valence-corrected chi connectivity index (χ2v) is 13.7. The first kappa shape index (κ1) is 37.0. The number of nitriles is 1. The van der Waals surface area contributed by atoms with E-state index in [1.807, 2.05) is 12.1 Å². The Labute approximate surface area is 333 Å². The Morgan fingerprint density at radius 2 is 0.864 bits per heavy atom. The molecule has 0 amide bonds. The molecule has 0 aliphatic carbocycles. The van der Waals surface area contributed by atoms with Crippen molar-refractivity contribution >= 4 is 21.8 Å². The van der Waals surface area contributed by atoms with Gasteiger partial charge in [0.15, 0.2) is 17.5 Å². The Hall–Kier alpha value is -7.58. The minimum Gasteiger partial charge on any atom is -0.308 e. The van der Waals surface area contributed by atoms with Crippen LogP contribution in [-0.2, 0) is 12.4 Å². The lowest BCUT2D eigenvalue weighted by molar-refractivity contribution is -0.137. The van der Waals surface area contributed by atoms with Gasteiger partial charge in [0.05, 0.1) is 39.5 Å². The van der Waals surface area contributed by atoms with Crippen LogP contribution >= 0.6 is 0 Å². The third kappa shape index (κ3) is 6.74. The summed E-state index contributed by atoms with van der Waals surface area (Å²) in [6, 6.07) is 45.1. The molecule has 0 saturated carbocycles. The molecule has 0 atom stereocenters. The third-order valence-corrected chi connectivity index (χ3v) is 10.1. The zero-order valence-electron chi connectivity index (χ0n) is 30.6. The highest BCUT2D eigenvalue weighted by Crippen LogP contribution is 2.48. The summed E-state index contributed by atoms with van der Waals surface area (Å²) in [5.41, 5.74) is 0.148. The highest BCUT2D eigenvalue weighted by Gasteiger charge is 2.37. The van der Waals surface area contributed by atoms with Crippen LogP contribution in [0.3, 0.4) is 0 Å². The summed E-state index contributed by atoms with van der Waals surface area (Å²) in [5, 5.41) is 11.1. The van der Waals surface area contributed by atoms with Crippen LogP contribution in [-0.4, -0.2) is 19.5 Å². The van der Waals surface area contributed by atoms with Gasteiger partial charge in [-0.05, 0) is 59.7 Å². The number of alkyl halides is 6. The molecule has 0 aliphatic rings. The Morgan fingerprint density at radius 3 is 1.37 bits per heavy atom. The van der Waals surface area contributed by atoms with Gasteiger partial charge < -0.3 is 4.57 Å². The van der Waals surface area contributed by atoms with Gasteiger partial charge in [0.25, 0.3) is 0 Å². The Bertz CT molecular complexity index is 2960. The molecule has 0 fully saturated rings. The number of rotatable bonds is 6. The van der Waals surface area contributed by atoms with E-state index in [1.165, 1.54) is 48.5 Å². The van der Waals surface area contributed by atoms with Crippen molar-refractivity contribution in [1.82, 2.24) is 19.5 Å². The molecule has 2 heterocycles. The number of hydrogen-bond donors (Lipinski definition) is 0. The van der Waals surface area contributed by atoms with E-state index < -0.39 is 23.5 Å². The van der Waals surface area contributed by atoms with E-state index in [0.717, 1.165) is 12.1 Å². The largest absolute Gasteiger partial charge is 0.417 e. The van der Waals surface area contributed by atoms with E-state index in [9.17, 15) is 5.26 Å². The van der Waals surface area contributed by atoms with Crippen molar-refractivity contribution in [3.05, 3.63) is 180 Å². The van der Waals surface area contributed by atoms with Gasteiger partial charge >= 0.3 is 12.4 Å². The third-order valence-electron chi connectivity index (χ3n) is 10.1. The lowest BCUT2D eigenvalue weighted by Crippen LogP contribution is -2.11. The van der Waals surface area contributed by atoms with Crippen LogP contribution in [0.15, 0.2) is 164 Å². The second-order valence-electron chi connectivity index (χ2n) is 13.7. The van der Waals surface area contributed by atoms with Crippen LogP contribution < -0.4 is 0 Å². The summed E-state index contributed by atoms with van der Waals surface area (Å²) < 4.78 is 92.4. The molecule has 0 saturated heterocycles. The fourth-order valence-electron chi connectivity index (χ4n) is 7.57. The minimum absolute atomic E-state index is 0.0293. The minimum atomic E-state index is -4.86. The highest BCUT2D eigenvalue weighted by molar-refractivity contribution is 6.11. The standard InChI is InChI=1S/C48H27F6N5/c49-47(50,51)39-20-10-7-17-33(39)37-26-32(46-57-44(30-13-3-1-4-14-30)56-45(58-46)31-15-5-2-6-16-31)27-38(34-18-8-11-21-40(34)48(52,53)54)43(37)59-41-22-12-9-19-35(41)36-25-29(28-55)23-24-42(36)59/h1-27H. The number of hydrogen-bond acceptors (Lipinski definition) is 4. The molecule has 0 N–H and O–H groups in total. The Morgan fingerprint density at radius 1 is 0.424 bits per heavy atom. The molecule has 11 heteroatoms. The van der Waals surface area contributed by atoms with Crippen molar-refractivity contribution in [3.63, 3.8) is 0 Å². The molecule has 9 rings (SSSR count). The predicted molar refractivity (Wildman–Crippen MR) is 216 cm³/mol. The molecule has 9 aromatic rings. The van der Waals surface area contributed by atoms with Crippen LogP contribution in [0.25, 0.3) is 83.9 Å². The maximum Gasteiger partial charge on any atom is 0.417 e. The lowest BCUT2D eigenvalue weighted by atomic mass is 9.88. The van der Waals surface area contributed by atoms with E-state index in [4.69, 9.17) is 15.0 Å². The smallest absolute Gasteiger partial charge is 0.308 e. The molecular weight excluding hydrogens is 761 g/mol. The number of para-hydroxylation sites is 1. The van der Waals surface area contributed by atoms with Crippen molar-refractivity contribution in [3.8, 4) is 68.2 Å². The zero-order valence-corrected chi connectivity index (χ0v) is 30.6. The summed E-state index contributed by atoms with van der Waals surface area (Å²) in [4.78, 5) is 14.4. The summed E-state index contributed by atoms with van der Waals surface area (Å²) >= 11 is 0. The fourth-order valence-corrected chi connectivity index (χ4v) is 7.57. The summed E-state index contributed by atoms with van der Waals surface area (Å²) in [6.45, 7) is 0. The van der Waals surface area contributed by atoms with Gasteiger partial charge in [0, 0.05) is 38.6 Å². The second kappa shape index (κ2) is 14.4. The number of nitrogens with zero attached hydrogens (tertiary/aromatic N) is 5. The maximum atomic E-state index is 15.1. The number of fused-ring (bicyclic) bond motifs is 3. The van der Waals surface area contributed by atoms with E-state index in [-0.39, 0.29) is 51.0 Å². The molecule has 0 spiro atoms. The SMILES string of the molecule is N#Cc1ccc2c(c1)c1ccccc1n2-c1c(-c2ccccc2C(F)(F)F)cc(-c2nc(-c3ccccc3)nc(-c3ccccc3)n2)cc1-c1ccccc1C(F)(F)F. The first-order valence-corrected chi connectivity index (χ1v) is 18.3. The predicted octanol–water partition coefficient (Wildman–Crippen LogP) is 13.2. The van der Waals surface area contributed by atoms with Gasteiger partial charge in [-0.2, -0.15) is 31.6 Å². The van der Waals surface area contributed by atoms with Gasteiger partial charge in [0.2, 0.25) is 0 Å². The average molecular weight is 788 g/mol. The number of benzene rings is 7. The van der Waals surface area contributed by atoms with Crippen LogP contribution in [0.1, 0.15) is 16.7 Å². The van der Waals surface area contributed by atoms with Crippen molar-refractivity contribution in [1.29, 1.82) is 5.26 Å². The van der Waals surface area contributed by atoms with Crippen LogP contribution in [0, 0.1) is 11.3 Å². The molecular formula is C48H27F6N5. The quantitative estimate of drug-likeness (QED) is 0.157. The Kier molecular flexibility index (Phi) is 9.05. The van der Waals surface area contributed by atoms with Gasteiger partial charge in [-0.1, -0.05) is 115 Å². The van der Waals surface area contributed by atoms with Gasteiger partial charge in [-0.25, -0.2) is 15.0 Å². The fraction of sp³-hybridized carbons (Fsp3) is 0.0417. The van der Waals surface area contributed by atoms with Gasteiger partial charge in [-0.3, -0.25) is 0 Å². The zero-order chi connectivity index (χ0) is 40.9. The van der Waals surface area contributed by atoms with E-state index in [2.05, 4.69) is 6.07 Å². The van der Waals surface area contributed by atoms with Crippen molar-refractivity contribution in [2.24, 2.45) is 0 Å². The Balaban J connectivity index is 1.49. The van der Waals surface area contributed by atoms with E-state index >= 15 is 26.3 Å². The molecule has 59 heavy (non-hydrogen) atoms. The number of aromatic nitrogens is 4. The normalized spacial score (nSPS) is 11.9. The molecule has 2 aromatic heterocycles. The van der Waals surface area contributed by atoms with Gasteiger partial charge in [-0.15, -0.1) is 0 Å². The van der Waals surface area contributed by atoms with Crippen LogP contribution in [0.2, 0.25) is 0 Å². The first-order valence-electron chi connectivity index (χ1n) is 18.3. The molecule has 286 valence electrons. The average Bonchev–Trinajstić information content (AvgIpc) is 3.59. The first-order chi connectivity index (χ1) is 28.5. The summed E-state index contributed by atoms with van der Waals surface area (Å²) in [6.07, 6.45) is -9.71. The maximum absolute atomic E-state index is 15.1. The summed E-state index contributed by atoms with van der Waals surface area (Å²) in [5.74, 6) is 0.536. The topological polar surface area (TPSA) is 67.4 Å². The monoisotopic (exact) mass is 787 g/mol. The van der Waals surface area contributed by atoms with Crippen molar-refractivity contribution in [2.45, 2.75) is 12.4 Å². The molecule has 7 aromatic carbocycles. The van der Waals surface area contributed by atoms with E-state index in [0.29, 0.717) is 38.5 Å². The molecule has 0 aliphatic heterocycles. The van der Waals surface area contributed by atoms with Crippen LogP contribution in [0.5, 0.6) is 0 Å². The summed E-state index contributed by atoms with van der Waals surface area (Å²) in [7, 11) is 0. The lowest BCUT2D eigenvalue weighted by Gasteiger charge is -2.24. The van der Waals surface area contributed by atoms with Crippen LogP contribution in [0.4, 0.5) is 26.3 Å². The molecule has 0 radical (unpaired) electrons. The highest BCUT2D eigenvalue weighted by atomic mass is 19.4. The van der Waals surface area contributed by atoms with Crippen molar-refractivity contribution in [2.75, 3.05) is 0 Å². The molecule has 0 unspecified atom stereocenters. The molecule has 0 bridgehead atoms. The van der Waals surface area contributed by atoms with Gasteiger partial charge in [0.1, 0.15) is 0 Å². The number of halogens is 6. The van der Waals surface area contributed by atoms with Crippen molar-refractivity contribution < 1.29 is 26.3 Å². The van der Waals surface area contributed by atoms with E-state index in [1.54, 1.807) is 95.6 Å².